The number of aliphatic hydroxyl groups excluding tert-OH is 2. The average Bonchev–Trinajstić information content (AvgIpc) is 3.11. The van der Waals surface area contributed by atoms with E-state index in [1.807, 2.05) is 55.5 Å². The lowest BCUT2D eigenvalue weighted by atomic mass is 10.0. The molecule has 0 aromatic heterocycles. The molecule has 0 aliphatic carbocycles. The number of aromatic carboxylic acids is 1. The van der Waals surface area contributed by atoms with E-state index in [-0.39, 0.29) is 30.4 Å². The number of anilines is 4. The molecule has 6 rings (SSSR count). The van der Waals surface area contributed by atoms with Crippen molar-refractivity contribution in [3.8, 4) is 22.3 Å². The molecule has 6 nitrogen and oxygen atoms in total. The Bertz CT molecular complexity index is 1980. The van der Waals surface area contributed by atoms with Gasteiger partial charge in [-0.2, -0.15) is 0 Å². The van der Waals surface area contributed by atoms with Crippen LogP contribution in [0.4, 0.5) is 31.5 Å². The molecule has 0 aliphatic rings. The molecule has 0 amide bonds. The van der Waals surface area contributed by atoms with E-state index < -0.39 is 5.97 Å². The van der Waals surface area contributed by atoms with Crippen LogP contribution in [-0.2, 0) is 13.2 Å². The van der Waals surface area contributed by atoms with Crippen molar-refractivity contribution in [1.29, 1.82) is 0 Å². The molecule has 48 heavy (non-hydrogen) atoms. The minimum absolute atomic E-state index is 0.0321. The second-order valence-electron chi connectivity index (χ2n) is 11.1. The first-order valence-corrected chi connectivity index (χ1v) is 15.2. The van der Waals surface area contributed by atoms with Crippen molar-refractivity contribution in [2.45, 2.75) is 20.1 Å². The SMILES string of the molecule is Cc1ccc(-c2ccc(CO)cc2)cc1Nc1ccc(F)cc1.O=C(O)c1ccc(-c2ccc(CO)cc2)cc1Nc1ccc(F)cc1. The topological polar surface area (TPSA) is 102 Å². The van der Waals surface area contributed by atoms with Crippen molar-refractivity contribution < 1.29 is 28.9 Å². The Balaban J connectivity index is 0.000000188. The van der Waals surface area contributed by atoms with Crippen molar-refractivity contribution in [2.75, 3.05) is 10.6 Å². The quantitative estimate of drug-likeness (QED) is 0.108. The van der Waals surface area contributed by atoms with Crippen molar-refractivity contribution in [3.05, 3.63) is 167 Å². The number of aryl methyl sites for hydroxylation is 1. The van der Waals surface area contributed by atoms with Crippen LogP contribution in [0.3, 0.4) is 0 Å². The molecule has 0 bridgehead atoms. The van der Waals surface area contributed by atoms with Gasteiger partial charge in [-0.15, -0.1) is 0 Å². The molecular weight excluding hydrogens is 610 g/mol. The van der Waals surface area contributed by atoms with E-state index in [0.29, 0.717) is 11.4 Å². The highest BCUT2D eigenvalue weighted by atomic mass is 19.1. The molecular formula is C40H34F2N2O4. The van der Waals surface area contributed by atoms with E-state index in [9.17, 15) is 18.7 Å². The molecule has 0 radical (unpaired) electrons. The van der Waals surface area contributed by atoms with Crippen LogP contribution >= 0.6 is 0 Å². The number of nitrogens with one attached hydrogen (secondary N) is 2. The molecule has 8 heteroatoms. The highest BCUT2D eigenvalue weighted by molar-refractivity contribution is 5.96. The minimum atomic E-state index is -1.05. The lowest BCUT2D eigenvalue weighted by Gasteiger charge is -2.12. The van der Waals surface area contributed by atoms with Crippen molar-refractivity contribution >= 4 is 28.7 Å². The number of hydrogen-bond acceptors (Lipinski definition) is 5. The summed E-state index contributed by atoms with van der Waals surface area (Å²) < 4.78 is 26.0. The zero-order valence-electron chi connectivity index (χ0n) is 26.1. The maximum Gasteiger partial charge on any atom is 0.337 e. The molecule has 0 atom stereocenters. The van der Waals surface area contributed by atoms with E-state index >= 15 is 0 Å². The molecule has 0 unspecified atom stereocenters. The van der Waals surface area contributed by atoms with E-state index in [2.05, 4.69) is 28.8 Å². The number of carbonyl (C=O) groups is 1. The number of benzene rings is 6. The van der Waals surface area contributed by atoms with Gasteiger partial charge in [0, 0.05) is 17.1 Å². The Labute approximate surface area is 277 Å². The predicted octanol–water partition coefficient (Wildman–Crippen LogP) is 9.46. The lowest BCUT2D eigenvalue weighted by molar-refractivity contribution is 0.0698. The fourth-order valence-electron chi connectivity index (χ4n) is 4.93. The normalized spacial score (nSPS) is 10.5. The molecule has 6 aromatic rings. The van der Waals surface area contributed by atoms with Gasteiger partial charge >= 0.3 is 5.97 Å². The first-order chi connectivity index (χ1) is 23.2. The van der Waals surface area contributed by atoms with Gasteiger partial charge in [0.15, 0.2) is 0 Å². The Morgan fingerprint density at radius 2 is 0.938 bits per heavy atom. The van der Waals surface area contributed by atoms with Crippen LogP contribution in [0, 0.1) is 18.6 Å². The van der Waals surface area contributed by atoms with Gasteiger partial charge in [0.1, 0.15) is 11.6 Å². The van der Waals surface area contributed by atoms with Crippen LogP contribution in [0.2, 0.25) is 0 Å². The molecule has 0 spiro atoms. The van der Waals surface area contributed by atoms with E-state index in [1.54, 1.807) is 36.4 Å². The summed E-state index contributed by atoms with van der Waals surface area (Å²) in [5, 5.41) is 34.0. The third-order valence-corrected chi connectivity index (χ3v) is 7.67. The van der Waals surface area contributed by atoms with Crippen LogP contribution in [0.25, 0.3) is 22.3 Å². The Hall–Kier alpha value is -5.83. The van der Waals surface area contributed by atoms with Crippen LogP contribution in [0.1, 0.15) is 27.0 Å². The van der Waals surface area contributed by atoms with Gasteiger partial charge < -0.3 is 26.0 Å². The maximum absolute atomic E-state index is 13.0. The standard InChI is InChI=1S/C20H16FNO3.C20H18FNO/c21-16-6-8-17(9-7-16)22-19-11-15(5-10-18(19)20(24)25)14-3-1-13(12-23)2-4-14;1-14-2-5-17(16-6-3-15(13-23)4-7-16)12-20(14)22-19-10-8-18(21)9-11-19/h1-11,22-23H,12H2,(H,24,25);2-12,22-23H,13H2,1H3. The number of halogens is 2. The van der Waals surface area contributed by atoms with Gasteiger partial charge in [-0.05, 0) is 113 Å². The van der Waals surface area contributed by atoms with Crippen LogP contribution in [0.5, 0.6) is 0 Å². The highest BCUT2D eigenvalue weighted by Crippen LogP contribution is 2.30. The molecule has 0 aliphatic heterocycles. The average molecular weight is 645 g/mol. The number of aliphatic hydroxyl groups is 2. The van der Waals surface area contributed by atoms with Crippen LogP contribution in [-0.4, -0.2) is 21.3 Å². The Morgan fingerprint density at radius 3 is 1.38 bits per heavy atom. The largest absolute Gasteiger partial charge is 0.478 e. The van der Waals surface area contributed by atoms with E-state index in [0.717, 1.165) is 50.3 Å². The van der Waals surface area contributed by atoms with Crippen molar-refractivity contribution in [2.24, 2.45) is 0 Å². The first kappa shape index (κ1) is 33.5. The number of carboxylic acids is 1. The molecule has 6 aromatic carbocycles. The lowest BCUT2D eigenvalue weighted by Crippen LogP contribution is -2.03. The third kappa shape index (κ3) is 8.70. The molecule has 242 valence electrons. The smallest absolute Gasteiger partial charge is 0.337 e. The summed E-state index contributed by atoms with van der Waals surface area (Å²) in [4.78, 5) is 11.5. The van der Waals surface area contributed by atoms with Crippen molar-refractivity contribution in [1.82, 2.24) is 0 Å². The molecule has 0 heterocycles. The molecule has 0 saturated heterocycles. The zero-order chi connectivity index (χ0) is 34.0. The summed E-state index contributed by atoms with van der Waals surface area (Å²) in [5.41, 5.74) is 9.69. The summed E-state index contributed by atoms with van der Waals surface area (Å²) in [6.45, 7) is 2.05. The van der Waals surface area contributed by atoms with Gasteiger partial charge in [0.05, 0.1) is 24.5 Å². The maximum atomic E-state index is 13.0. The predicted molar refractivity (Wildman–Crippen MR) is 187 cm³/mol. The first-order valence-electron chi connectivity index (χ1n) is 15.2. The molecule has 0 fully saturated rings. The van der Waals surface area contributed by atoms with E-state index in [4.69, 9.17) is 10.2 Å². The third-order valence-electron chi connectivity index (χ3n) is 7.67. The van der Waals surface area contributed by atoms with Crippen molar-refractivity contribution in [3.63, 3.8) is 0 Å². The fraction of sp³-hybridized carbons (Fsp3) is 0.0750. The summed E-state index contributed by atoms with van der Waals surface area (Å²) in [6.07, 6.45) is 0. The van der Waals surface area contributed by atoms with Gasteiger partial charge in [0.25, 0.3) is 0 Å². The number of carboxylic acid groups (broad SMARTS) is 1. The van der Waals surface area contributed by atoms with Gasteiger partial charge in [-0.25, -0.2) is 13.6 Å². The van der Waals surface area contributed by atoms with Crippen LogP contribution in [0.15, 0.2) is 133 Å². The monoisotopic (exact) mass is 644 g/mol. The molecule has 5 N–H and O–H groups in total. The number of hydrogen-bond donors (Lipinski definition) is 5. The van der Waals surface area contributed by atoms with Gasteiger partial charge in [-0.3, -0.25) is 0 Å². The minimum Gasteiger partial charge on any atom is -0.478 e. The van der Waals surface area contributed by atoms with Gasteiger partial charge in [-0.1, -0.05) is 66.7 Å². The van der Waals surface area contributed by atoms with Crippen LogP contribution < -0.4 is 10.6 Å². The number of rotatable bonds is 9. The Kier molecular flexibility index (Phi) is 10.9. The summed E-state index contributed by atoms with van der Waals surface area (Å²) in [6, 6.07) is 38.4. The molecule has 0 saturated carbocycles. The zero-order valence-corrected chi connectivity index (χ0v) is 26.1. The summed E-state index contributed by atoms with van der Waals surface area (Å²) in [7, 11) is 0. The summed E-state index contributed by atoms with van der Waals surface area (Å²) >= 11 is 0. The van der Waals surface area contributed by atoms with Gasteiger partial charge in [0.2, 0.25) is 0 Å². The van der Waals surface area contributed by atoms with E-state index in [1.165, 1.54) is 30.3 Å². The summed E-state index contributed by atoms with van der Waals surface area (Å²) in [5.74, 6) is -1.65. The highest BCUT2D eigenvalue weighted by Gasteiger charge is 2.12. The fourth-order valence-corrected chi connectivity index (χ4v) is 4.93. The second kappa shape index (κ2) is 15.6. The second-order valence-corrected chi connectivity index (χ2v) is 11.1. The Morgan fingerprint density at radius 1 is 0.542 bits per heavy atom.